The van der Waals surface area contributed by atoms with Crippen LogP contribution in [0.1, 0.15) is 586 Å². The third-order valence-corrected chi connectivity index (χ3v) is 25.4. The Morgan fingerprint density at radius 2 is 0.214 bits per heavy atom. The standard InChI is InChI=1S/C95H193O2P/c1-5-8-10-12-14-16-18-20-22-24-26-28-30-32-34-36-38-40-42-44-46-48-50-52-54-56-58-60-62-64-66-68-70-72-74-76-78-80-82-84-86-88-90-92-94-96-98(4,7-3)97-95-93-91-89-87-85-83-81-79-77-75-73-71-69-67-65-63-61-59-57-55-53-51-49-47-45-43-41-39-37-35-33-31-29-27-25-23-21-19-17-15-13-11-9-6-2/h4-95H2,1-3H3. The van der Waals surface area contributed by atoms with Crippen molar-refractivity contribution in [1.82, 2.24) is 0 Å². The van der Waals surface area contributed by atoms with Gasteiger partial charge in [-0.3, -0.25) is 0 Å². The number of hydrogen-bond donors (Lipinski definition) is 0. The monoisotopic (exact) mass is 1400 g/mol. The predicted octanol–water partition coefficient (Wildman–Crippen LogP) is 36.7. The van der Waals surface area contributed by atoms with Crippen molar-refractivity contribution < 1.29 is 9.05 Å². The topological polar surface area (TPSA) is 18.5 Å². The van der Waals surface area contributed by atoms with E-state index in [0.29, 0.717) is 0 Å². The van der Waals surface area contributed by atoms with Gasteiger partial charge in [0.25, 0.3) is 0 Å². The molecular weight excluding hydrogens is 1200 g/mol. The Balaban J connectivity index is 3.25. The largest absolute Gasteiger partial charge is 0.338 e. The minimum atomic E-state index is -1.92. The van der Waals surface area contributed by atoms with Gasteiger partial charge in [0.05, 0.1) is 13.2 Å². The minimum Gasteiger partial charge on any atom is -0.338 e. The van der Waals surface area contributed by atoms with Crippen molar-refractivity contribution in [2.24, 2.45) is 0 Å². The van der Waals surface area contributed by atoms with E-state index in [1.54, 1.807) is 0 Å². The maximum Gasteiger partial charge on any atom is 0.117 e. The van der Waals surface area contributed by atoms with Crippen LogP contribution in [0, 0.1) is 0 Å². The molecule has 0 aromatic heterocycles. The van der Waals surface area contributed by atoms with Crippen molar-refractivity contribution in [3.8, 4) is 0 Å². The van der Waals surface area contributed by atoms with Crippen LogP contribution in [0.3, 0.4) is 0 Å². The highest BCUT2D eigenvalue weighted by Crippen LogP contribution is 2.47. The van der Waals surface area contributed by atoms with Gasteiger partial charge in [0.1, 0.15) is 7.34 Å². The van der Waals surface area contributed by atoms with E-state index in [0.717, 1.165) is 19.4 Å². The molecule has 0 heterocycles. The first-order chi connectivity index (χ1) is 48.7. The van der Waals surface area contributed by atoms with Gasteiger partial charge in [-0.2, -0.15) is 0 Å². The van der Waals surface area contributed by atoms with Crippen LogP contribution in [0.2, 0.25) is 0 Å². The molecule has 0 amide bonds. The molecule has 0 unspecified atom stereocenters. The first-order valence-electron chi connectivity index (χ1n) is 47.7. The quantitative estimate of drug-likeness (QED) is 0.0446. The number of unbranched alkanes of at least 4 members (excludes halogenated alkanes) is 86. The zero-order chi connectivity index (χ0) is 70.3. The van der Waals surface area contributed by atoms with Crippen LogP contribution in [0.25, 0.3) is 0 Å². The molecule has 0 saturated carbocycles. The summed E-state index contributed by atoms with van der Waals surface area (Å²) in [5.74, 6) is 0. The van der Waals surface area contributed by atoms with Gasteiger partial charge >= 0.3 is 0 Å². The van der Waals surface area contributed by atoms with E-state index in [9.17, 15) is 0 Å². The zero-order valence-corrected chi connectivity index (χ0v) is 70.2. The van der Waals surface area contributed by atoms with Crippen molar-refractivity contribution in [1.29, 1.82) is 0 Å². The average molecular weight is 1400 g/mol. The smallest absolute Gasteiger partial charge is 0.117 e. The highest BCUT2D eigenvalue weighted by molar-refractivity contribution is 7.64. The van der Waals surface area contributed by atoms with E-state index in [1.807, 2.05) is 0 Å². The SMILES string of the molecule is C=P(CC)(OCCCCCCCCCCCCCCCCCCCCCCCCCCCCCCCCCCCCCCCCCCCCCC)OCCCCCCCCCCCCCCCCCCCCCCCCCCCCCCCCCCCCCCCCCCCCCC. The molecule has 0 radical (unpaired) electrons. The molecule has 0 aromatic carbocycles. The van der Waals surface area contributed by atoms with Gasteiger partial charge in [0.15, 0.2) is 0 Å². The van der Waals surface area contributed by atoms with Crippen LogP contribution in [-0.2, 0) is 9.05 Å². The zero-order valence-electron chi connectivity index (χ0n) is 69.3. The van der Waals surface area contributed by atoms with Gasteiger partial charge in [0, 0.05) is 6.16 Å². The fraction of sp³-hybridized carbons (Fsp3) is 0.989. The van der Waals surface area contributed by atoms with E-state index < -0.39 is 7.34 Å². The molecule has 0 aliphatic heterocycles. The van der Waals surface area contributed by atoms with Gasteiger partial charge in [-0.1, -0.05) is 579 Å². The Kier molecular flexibility index (Phi) is 91.6. The van der Waals surface area contributed by atoms with Crippen LogP contribution in [-0.4, -0.2) is 25.7 Å². The van der Waals surface area contributed by atoms with Crippen LogP contribution >= 0.6 is 7.34 Å². The van der Waals surface area contributed by atoms with Crippen LogP contribution in [0.5, 0.6) is 0 Å². The van der Waals surface area contributed by atoms with E-state index in [2.05, 4.69) is 27.1 Å². The van der Waals surface area contributed by atoms with Gasteiger partial charge in [-0.25, -0.2) is 0 Å². The molecule has 0 bridgehead atoms. The van der Waals surface area contributed by atoms with Gasteiger partial charge in [0.2, 0.25) is 0 Å². The molecule has 98 heavy (non-hydrogen) atoms. The molecule has 0 aliphatic rings. The summed E-state index contributed by atoms with van der Waals surface area (Å²) in [5, 5.41) is 0. The fourth-order valence-electron chi connectivity index (χ4n) is 15.9. The number of hydrogen-bond acceptors (Lipinski definition) is 2. The summed E-state index contributed by atoms with van der Waals surface area (Å²) in [5.41, 5.74) is 0. The molecule has 590 valence electrons. The Morgan fingerprint density at radius 3 is 0.296 bits per heavy atom. The fourth-order valence-corrected chi connectivity index (χ4v) is 17.2. The van der Waals surface area contributed by atoms with Crippen molar-refractivity contribution in [3.05, 3.63) is 0 Å². The van der Waals surface area contributed by atoms with Crippen molar-refractivity contribution >= 4 is 13.6 Å². The number of rotatable bonds is 93. The molecule has 0 rings (SSSR count). The average Bonchev–Trinajstić information content (AvgIpc) is 1.90. The lowest BCUT2D eigenvalue weighted by atomic mass is 10.0. The second-order valence-corrected chi connectivity index (χ2v) is 36.0. The molecule has 2 nitrogen and oxygen atoms in total. The minimum absolute atomic E-state index is 0.838. The first-order valence-corrected chi connectivity index (χ1v) is 49.7. The summed E-state index contributed by atoms with van der Waals surface area (Å²) in [4.78, 5) is 0. The van der Waals surface area contributed by atoms with E-state index in [-0.39, 0.29) is 0 Å². The highest BCUT2D eigenvalue weighted by atomic mass is 31.2. The predicted molar refractivity (Wildman–Crippen MR) is 454 cm³/mol. The normalized spacial score (nSPS) is 12.0. The summed E-state index contributed by atoms with van der Waals surface area (Å²) in [6.45, 7) is 8.52. The van der Waals surface area contributed by atoms with Crippen molar-refractivity contribution in [2.75, 3.05) is 19.4 Å². The second kappa shape index (κ2) is 91.4. The molecule has 0 fully saturated rings. The molecule has 0 aliphatic carbocycles. The first kappa shape index (κ1) is 98.2. The third-order valence-electron chi connectivity index (χ3n) is 23.1. The third kappa shape index (κ3) is 88.6. The maximum absolute atomic E-state index is 6.32. The Bertz CT molecular complexity index is 1300. The molecule has 0 N–H and O–H groups in total. The van der Waals surface area contributed by atoms with E-state index in [1.165, 1.54) is 565 Å². The Morgan fingerprint density at radius 1 is 0.133 bits per heavy atom. The van der Waals surface area contributed by atoms with Crippen LogP contribution < -0.4 is 0 Å². The molecule has 3 heteroatoms. The molecule has 0 aromatic rings. The lowest BCUT2D eigenvalue weighted by molar-refractivity contribution is 0.237. The van der Waals surface area contributed by atoms with Gasteiger partial charge < -0.3 is 9.05 Å². The molecule has 0 saturated heterocycles. The van der Waals surface area contributed by atoms with Crippen LogP contribution in [0.4, 0.5) is 0 Å². The lowest BCUT2D eigenvalue weighted by Gasteiger charge is -2.23. The Labute approximate surface area is 624 Å². The Hall–Kier alpha value is 0.220. The molecular formula is C95H193O2P. The van der Waals surface area contributed by atoms with E-state index in [4.69, 9.17) is 9.05 Å². The van der Waals surface area contributed by atoms with Crippen molar-refractivity contribution in [3.63, 3.8) is 0 Å². The molecule has 0 atom stereocenters. The summed E-state index contributed by atoms with van der Waals surface area (Å²) < 4.78 is 12.6. The lowest BCUT2D eigenvalue weighted by Crippen LogP contribution is -2.02. The second-order valence-electron chi connectivity index (χ2n) is 33.2. The summed E-state index contributed by atoms with van der Waals surface area (Å²) in [6.07, 6.45) is 134. The van der Waals surface area contributed by atoms with Crippen LogP contribution in [0.15, 0.2) is 0 Å². The van der Waals surface area contributed by atoms with Gasteiger partial charge in [-0.15, -0.1) is 0 Å². The van der Waals surface area contributed by atoms with Gasteiger partial charge in [-0.05, 0) is 12.8 Å². The summed E-state index contributed by atoms with van der Waals surface area (Å²) >= 11 is 0. The van der Waals surface area contributed by atoms with E-state index >= 15 is 0 Å². The highest BCUT2D eigenvalue weighted by Gasteiger charge is 2.13. The summed E-state index contributed by atoms with van der Waals surface area (Å²) in [7, 11) is -1.92. The maximum atomic E-state index is 6.32. The van der Waals surface area contributed by atoms with Crippen molar-refractivity contribution in [2.45, 2.75) is 586 Å². The summed E-state index contributed by atoms with van der Waals surface area (Å²) in [6, 6.07) is 0. The molecule has 0 spiro atoms.